The average molecular weight is 347 g/mol. The number of ether oxygens (including phenoxy) is 1. The minimum atomic E-state index is -1.61. The van der Waals surface area contributed by atoms with Gasteiger partial charge < -0.3 is 4.74 Å². The molecule has 4 heteroatoms. The molecular formula is C21H17NO2S. The van der Waals surface area contributed by atoms with Crippen LogP contribution in [-0.2, 0) is 11.0 Å². The fourth-order valence-corrected chi connectivity index (χ4v) is 3.97. The summed E-state index contributed by atoms with van der Waals surface area (Å²) in [4.78, 5) is 0.605. The van der Waals surface area contributed by atoms with Crippen molar-refractivity contribution >= 4 is 32.5 Å². The number of rotatable bonds is 3. The van der Waals surface area contributed by atoms with Crippen LogP contribution in [0.3, 0.4) is 0 Å². The van der Waals surface area contributed by atoms with Gasteiger partial charge in [-0.3, -0.25) is 0 Å². The van der Waals surface area contributed by atoms with E-state index in [2.05, 4.69) is 12.1 Å². The molecule has 0 radical (unpaired) electrons. The second-order valence-electron chi connectivity index (χ2n) is 5.82. The number of methoxy groups -OCH3 is 1. The van der Waals surface area contributed by atoms with Gasteiger partial charge in [0.25, 0.3) is 0 Å². The largest absolute Gasteiger partial charge is 0.496 e. The van der Waals surface area contributed by atoms with Crippen molar-refractivity contribution in [2.24, 2.45) is 5.14 Å². The summed E-state index contributed by atoms with van der Waals surface area (Å²) >= 11 is 0. The maximum Gasteiger partial charge on any atom is 0.127 e. The Labute approximate surface area is 148 Å². The first-order valence-electron chi connectivity index (χ1n) is 7.94. The molecular weight excluding hydrogens is 330 g/mol. The van der Waals surface area contributed by atoms with E-state index in [0.717, 1.165) is 38.4 Å². The summed E-state index contributed by atoms with van der Waals surface area (Å²) < 4.78 is 17.9. The third-order valence-electron chi connectivity index (χ3n) is 4.47. The minimum Gasteiger partial charge on any atom is -0.496 e. The van der Waals surface area contributed by atoms with Gasteiger partial charge in [-0.15, -0.1) is 0 Å². The lowest BCUT2D eigenvalue weighted by Crippen LogP contribution is -2.05. The van der Waals surface area contributed by atoms with Crippen LogP contribution in [0, 0.1) is 0 Å². The molecule has 25 heavy (non-hydrogen) atoms. The number of nitrogens with two attached hydrogens (primary N) is 1. The van der Waals surface area contributed by atoms with Crippen LogP contribution in [0.5, 0.6) is 5.75 Å². The molecule has 0 amide bonds. The first kappa shape index (κ1) is 15.8. The summed E-state index contributed by atoms with van der Waals surface area (Å²) in [5, 5.41) is 10.0. The van der Waals surface area contributed by atoms with E-state index in [9.17, 15) is 4.21 Å². The Kier molecular flexibility index (Phi) is 3.99. The van der Waals surface area contributed by atoms with Gasteiger partial charge in [0, 0.05) is 11.1 Å². The van der Waals surface area contributed by atoms with Crippen LogP contribution in [0.4, 0.5) is 0 Å². The second kappa shape index (κ2) is 6.31. The highest BCUT2D eigenvalue weighted by molar-refractivity contribution is 7.82. The van der Waals surface area contributed by atoms with Gasteiger partial charge in [0.1, 0.15) is 16.7 Å². The van der Waals surface area contributed by atoms with Crippen molar-refractivity contribution in [1.29, 1.82) is 0 Å². The van der Waals surface area contributed by atoms with Gasteiger partial charge in [0.15, 0.2) is 0 Å². The molecule has 124 valence electrons. The molecule has 1 unspecified atom stereocenters. The molecule has 4 aromatic carbocycles. The third-order valence-corrected chi connectivity index (χ3v) is 5.24. The van der Waals surface area contributed by atoms with E-state index in [-0.39, 0.29) is 0 Å². The summed E-state index contributed by atoms with van der Waals surface area (Å²) in [6, 6.07) is 23.9. The Morgan fingerprint density at radius 1 is 0.760 bits per heavy atom. The smallest absolute Gasteiger partial charge is 0.127 e. The Balaban J connectivity index is 2.24. The number of hydrogen-bond acceptors (Lipinski definition) is 2. The summed E-state index contributed by atoms with van der Waals surface area (Å²) in [6.07, 6.45) is 0. The molecule has 2 N–H and O–H groups in total. The SMILES string of the molecule is COc1ccc2ccccc2c1-c1c(S(N)=O)ccc2ccccc12. The van der Waals surface area contributed by atoms with E-state index in [1.165, 1.54) is 0 Å². The average Bonchev–Trinajstić information content (AvgIpc) is 2.66. The molecule has 0 saturated heterocycles. The maximum absolute atomic E-state index is 12.3. The highest BCUT2D eigenvalue weighted by Crippen LogP contribution is 2.42. The molecule has 0 aliphatic rings. The van der Waals surface area contributed by atoms with Crippen molar-refractivity contribution in [3.05, 3.63) is 72.8 Å². The first-order chi connectivity index (χ1) is 12.2. The zero-order valence-electron chi connectivity index (χ0n) is 13.7. The highest BCUT2D eigenvalue weighted by Gasteiger charge is 2.19. The second-order valence-corrected chi connectivity index (χ2v) is 6.86. The zero-order valence-corrected chi connectivity index (χ0v) is 14.5. The van der Waals surface area contributed by atoms with E-state index in [4.69, 9.17) is 9.88 Å². The molecule has 0 aliphatic carbocycles. The molecule has 4 rings (SSSR count). The number of fused-ring (bicyclic) bond motifs is 2. The van der Waals surface area contributed by atoms with Crippen LogP contribution < -0.4 is 9.88 Å². The first-order valence-corrected chi connectivity index (χ1v) is 9.16. The van der Waals surface area contributed by atoms with E-state index in [1.807, 2.05) is 60.7 Å². The molecule has 0 bridgehead atoms. The van der Waals surface area contributed by atoms with E-state index in [1.54, 1.807) is 7.11 Å². The van der Waals surface area contributed by atoms with Gasteiger partial charge in [-0.1, -0.05) is 60.7 Å². The van der Waals surface area contributed by atoms with E-state index < -0.39 is 11.0 Å². The minimum absolute atomic E-state index is 0.605. The Morgan fingerprint density at radius 2 is 1.32 bits per heavy atom. The molecule has 0 saturated carbocycles. The summed E-state index contributed by atoms with van der Waals surface area (Å²) in [7, 11) is 0.0449. The van der Waals surface area contributed by atoms with Crippen LogP contribution in [0.25, 0.3) is 32.7 Å². The lowest BCUT2D eigenvalue weighted by atomic mass is 9.93. The number of hydrogen-bond donors (Lipinski definition) is 1. The summed E-state index contributed by atoms with van der Waals surface area (Å²) in [5.74, 6) is 0.738. The van der Waals surface area contributed by atoms with Gasteiger partial charge in [-0.25, -0.2) is 9.35 Å². The maximum atomic E-state index is 12.3. The Morgan fingerprint density at radius 3 is 1.92 bits per heavy atom. The topological polar surface area (TPSA) is 52.3 Å². The van der Waals surface area contributed by atoms with Crippen LogP contribution in [0.15, 0.2) is 77.7 Å². The lowest BCUT2D eigenvalue weighted by Gasteiger charge is -2.17. The summed E-state index contributed by atoms with van der Waals surface area (Å²) in [6.45, 7) is 0. The van der Waals surface area contributed by atoms with Crippen molar-refractivity contribution in [3.8, 4) is 16.9 Å². The highest BCUT2D eigenvalue weighted by atomic mass is 32.2. The molecule has 1 atom stereocenters. The van der Waals surface area contributed by atoms with E-state index >= 15 is 0 Å². The molecule has 0 fully saturated rings. The van der Waals surface area contributed by atoms with Crippen molar-refractivity contribution in [1.82, 2.24) is 0 Å². The van der Waals surface area contributed by atoms with Gasteiger partial charge in [0.05, 0.1) is 12.0 Å². The van der Waals surface area contributed by atoms with Gasteiger partial charge >= 0.3 is 0 Å². The zero-order chi connectivity index (χ0) is 17.4. The van der Waals surface area contributed by atoms with Crippen LogP contribution in [0.2, 0.25) is 0 Å². The standard InChI is InChI=1S/C21H17NO2S/c1-24-18-12-10-14-6-2-4-8-16(14)20(18)21-17-9-5-3-7-15(17)11-13-19(21)25(22)23/h2-13H,22H2,1H3. The van der Waals surface area contributed by atoms with E-state index in [0.29, 0.717) is 4.90 Å². The van der Waals surface area contributed by atoms with Crippen LogP contribution >= 0.6 is 0 Å². The Bertz CT molecular complexity index is 1120. The third kappa shape index (κ3) is 2.60. The van der Waals surface area contributed by atoms with Crippen molar-refractivity contribution in [2.45, 2.75) is 4.90 Å². The summed E-state index contributed by atoms with van der Waals surface area (Å²) in [5.41, 5.74) is 1.79. The van der Waals surface area contributed by atoms with Crippen LogP contribution in [0.1, 0.15) is 0 Å². The predicted octanol–water partition coefficient (Wildman–Crippen LogP) is 4.65. The van der Waals surface area contributed by atoms with Crippen molar-refractivity contribution in [3.63, 3.8) is 0 Å². The van der Waals surface area contributed by atoms with Gasteiger partial charge in [-0.2, -0.15) is 0 Å². The quantitative estimate of drug-likeness (QED) is 0.586. The fourth-order valence-electron chi connectivity index (χ4n) is 3.36. The molecule has 0 aliphatic heterocycles. The van der Waals surface area contributed by atoms with Crippen molar-refractivity contribution < 1.29 is 8.95 Å². The lowest BCUT2D eigenvalue weighted by molar-refractivity contribution is 0.417. The van der Waals surface area contributed by atoms with Gasteiger partial charge in [-0.05, 0) is 33.7 Å². The molecule has 4 aromatic rings. The van der Waals surface area contributed by atoms with Crippen LogP contribution in [-0.4, -0.2) is 11.3 Å². The number of benzene rings is 4. The normalized spacial score (nSPS) is 12.4. The molecule has 0 spiro atoms. The molecule has 3 nitrogen and oxygen atoms in total. The van der Waals surface area contributed by atoms with Crippen molar-refractivity contribution in [2.75, 3.05) is 7.11 Å². The molecule has 0 aromatic heterocycles. The van der Waals surface area contributed by atoms with Gasteiger partial charge in [0.2, 0.25) is 0 Å². The predicted molar refractivity (Wildman–Crippen MR) is 104 cm³/mol. The fraction of sp³-hybridized carbons (Fsp3) is 0.0476. The molecule has 0 heterocycles. The monoisotopic (exact) mass is 347 g/mol. The Hall–Kier alpha value is -2.69.